The van der Waals surface area contributed by atoms with E-state index >= 15 is 0 Å². The second-order valence-electron chi connectivity index (χ2n) is 3.22. The number of anilines is 1. The molecule has 3 nitrogen and oxygen atoms in total. The third-order valence-corrected chi connectivity index (χ3v) is 2.15. The molecule has 0 radical (unpaired) electrons. The van der Waals surface area contributed by atoms with Crippen LogP contribution in [-0.4, -0.2) is 6.41 Å². The Labute approximate surface area is 87.7 Å². The van der Waals surface area contributed by atoms with E-state index in [0.717, 1.165) is 22.8 Å². The highest BCUT2D eigenvalue weighted by atomic mass is 16.3. The van der Waals surface area contributed by atoms with Crippen LogP contribution in [0, 0.1) is 6.92 Å². The zero-order valence-corrected chi connectivity index (χ0v) is 8.36. The van der Waals surface area contributed by atoms with Crippen molar-refractivity contribution in [1.82, 2.24) is 0 Å². The molecule has 15 heavy (non-hydrogen) atoms. The van der Waals surface area contributed by atoms with E-state index in [1.54, 1.807) is 0 Å². The summed E-state index contributed by atoms with van der Waals surface area (Å²) in [5, 5.41) is 2.64. The first-order valence-corrected chi connectivity index (χ1v) is 4.67. The summed E-state index contributed by atoms with van der Waals surface area (Å²) >= 11 is 0. The molecule has 0 atom stereocenters. The van der Waals surface area contributed by atoms with Gasteiger partial charge in [0, 0.05) is 5.56 Å². The molecule has 0 bridgehead atoms. The van der Waals surface area contributed by atoms with Gasteiger partial charge in [0.1, 0.15) is 11.5 Å². The molecule has 1 amide bonds. The van der Waals surface area contributed by atoms with Crippen molar-refractivity contribution in [3.8, 4) is 11.3 Å². The molecule has 0 saturated heterocycles. The van der Waals surface area contributed by atoms with Crippen molar-refractivity contribution in [3.63, 3.8) is 0 Å². The third-order valence-electron chi connectivity index (χ3n) is 2.15. The number of amides is 1. The average molecular weight is 201 g/mol. The van der Waals surface area contributed by atoms with Gasteiger partial charge < -0.3 is 9.73 Å². The number of benzene rings is 1. The number of carbonyl (C=O) groups is 1. The fourth-order valence-corrected chi connectivity index (χ4v) is 1.47. The monoisotopic (exact) mass is 201 g/mol. The van der Waals surface area contributed by atoms with Crippen LogP contribution in [0.3, 0.4) is 0 Å². The van der Waals surface area contributed by atoms with E-state index < -0.39 is 0 Å². The molecule has 0 spiro atoms. The van der Waals surface area contributed by atoms with E-state index in [9.17, 15) is 4.79 Å². The number of para-hydroxylation sites is 1. The predicted octanol–water partition coefficient (Wildman–Crippen LogP) is 2.82. The number of carbonyl (C=O) groups excluding carboxylic acids is 1. The molecule has 0 aliphatic heterocycles. The topological polar surface area (TPSA) is 42.2 Å². The number of hydrogen-bond donors (Lipinski definition) is 1. The van der Waals surface area contributed by atoms with Gasteiger partial charge in [0.15, 0.2) is 0 Å². The predicted molar refractivity (Wildman–Crippen MR) is 58.6 cm³/mol. The number of rotatable bonds is 3. The molecular weight excluding hydrogens is 190 g/mol. The van der Waals surface area contributed by atoms with Gasteiger partial charge >= 0.3 is 0 Å². The normalized spacial score (nSPS) is 9.93. The fourth-order valence-electron chi connectivity index (χ4n) is 1.47. The number of furan rings is 1. The fraction of sp³-hybridized carbons (Fsp3) is 0.0833. The van der Waals surface area contributed by atoms with Gasteiger partial charge in [-0.1, -0.05) is 12.1 Å². The van der Waals surface area contributed by atoms with E-state index in [2.05, 4.69) is 5.32 Å². The second kappa shape index (κ2) is 4.00. The Hall–Kier alpha value is -2.03. The van der Waals surface area contributed by atoms with E-state index in [4.69, 9.17) is 4.42 Å². The van der Waals surface area contributed by atoms with Crippen LogP contribution in [-0.2, 0) is 4.79 Å². The highest BCUT2D eigenvalue weighted by Crippen LogP contribution is 2.28. The number of hydrogen-bond acceptors (Lipinski definition) is 2. The molecular formula is C12H11NO2. The first-order chi connectivity index (χ1) is 7.31. The van der Waals surface area contributed by atoms with Crippen LogP contribution >= 0.6 is 0 Å². The molecule has 1 N–H and O–H groups in total. The van der Waals surface area contributed by atoms with Crippen LogP contribution in [0.1, 0.15) is 5.76 Å². The lowest BCUT2D eigenvalue weighted by atomic mass is 10.1. The molecule has 0 unspecified atom stereocenters. The van der Waals surface area contributed by atoms with Gasteiger partial charge in [-0.05, 0) is 31.2 Å². The molecule has 1 aromatic heterocycles. The Kier molecular flexibility index (Phi) is 2.54. The Morgan fingerprint density at radius 2 is 2.00 bits per heavy atom. The molecule has 1 heterocycles. The maximum absolute atomic E-state index is 10.4. The summed E-state index contributed by atoms with van der Waals surface area (Å²) in [6.45, 7) is 1.89. The lowest BCUT2D eigenvalue weighted by Crippen LogP contribution is -1.95. The summed E-state index contributed by atoms with van der Waals surface area (Å²) < 4.78 is 5.50. The molecule has 3 heteroatoms. The molecule has 2 rings (SSSR count). The van der Waals surface area contributed by atoms with Gasteiger partial charge in [0.25, 0.3) is 0 Å². The van der Waals surface area contributed by atoms with Crippen LogP contribution in [0.4, 0.5) is 5.69 Å². The van der Waals surface area contributed by atoms with Gasteiger partial charge in [-0.2, -0.15) is 0 Å². The smallest absolute Gasteiger partial charge is 0.211 e. The Morgan fingerprint density at radius 1 is 1.20 bits per heavy atom. The van der Waals surface area contributed by atoms with Crippen molar-refractivity contribution in [1.29, 1.82) is 0 Å². The molecule has 0 fully saturated rings. The molecule has 0 saturated carbocycles. The minimum absolute atomic E-state index is 0.661. The highest BCUT2D eigenvalue weighted by Gasteiger charge is 2.06. The average Bonchev–Trinajstić information content (AvgIpc) is 2.66. The van der Waals surface area contributed by atoms with Crippen molar-refractivity contribution in [2.45, 2.75) is 6.92 Å². The third kappa shape index (κ3) is 1.91. The molecule has 1 aromatic carbocycles. The van der Waals surface area contributed by atoms with E-state index in [1.807, 2.05) is 43.3 Å². The molecule has 2 aromatic rings. The van der Waals surface area contributed by atoms with Crippen molar-refractivity contribution in [2.24, 2.45) is 0 Å². The summed E-state index contributed by atoms with van der Waals surface area (Å²) in [6.07, 6.45) is 0.661. The first-order valence-electron chi connectivity index (χ1n) is 4.67. The van der Waals surface area contributed by atoms with E-state index in [0.29, 0.717) is 6.41 Å². The summed E-state index contributed by atoms with van der Waals surface area (Å²) in [5.41, 5.74) is 1.64. The largest absolute Gasteiger partial charge is 0.461 e. The Balaban J connectivity index is 2.47. The zero-order chi connectivity index (χ0) is 10.7. The molecule has 76 valence electrons. The van der Waals surface area contributed by atoms with E-state index in [-0.39, 0.29) is 0 Å². The van der Waals surface area contributed by atoms with Gasteiger partial charge in [-0.25, -0.2) is 0 Å². The lowest BCUT2D eigenvalue weighted by molar-refractivity contribution is -0.105. The quantitative estimate of drug-likeness (QED) is 0.776. The van der Waals surface area contributed by atoms with Crippen LogP contribution in [0.25, 0.3) is 11.3 Å². The number of nitrogens with one attached hydrogen (secondary N) is 1. The number of aryl methyl sites for hydroxylation is 1. The standard InChI is InChI=1S/C12H11NO2/c1-9-6-7-12(15-9)10-4-2-3-5-11(10)13-8-14/h2-8H,1H3,(H,13,14). The summed E-state index contributed by atoms with van der Waals surface area (Å²) in [5.74, 6) is 1.61. The minimum Gasteiger partial charge on any atom is -0.461 e. The SMILES string of the molecule is Cc1ccc(-c2ccccc2NC=O)o1. The highest BCUT2D eigenvalue weighted by molar-refractivity contribution is 5.83. The van der Waals surface area contributed by atoms with Gasteiger partial charge in [-0.15, -0.1) is 0 Å². The van der Waals surface area contributed by atoms with Crippen molar-refractivity contribution in [3.05, 3.63) is 42.2 Å². The van der Waals surface area contributed by atoms with Gasteiger partial charge in [0.05, 0.1) is 5.69 Å². The van der Waals surface area contributed by atoms with Gasteiger partial charge in [0.2, 0.25) is 6.41 Å². The van der Waals surface area contributed by atoms with Gasteiger partial charge in [-0.3, -0.25) is 4.79 Å². The maximum atomic E-state index is 10.4. The first kappa shape index (κ1) is 9.52. The van der Waals surface area contributed by atoms with Crippen molar-refractivity contribution >= 4 is 12.1 Å². The van der Waals surface area contributed by atoms with Crippen LogP contribution in [0.2, 0.25) is 0 Å². The van der Waals surface area contributed by atoms with Crippen molar-refractivity contribution < 1.29 is 9.21 Å². The minimum atomic E-state index is 0.661. The molecule has 0 aliphatic carbocycles. The van der Waals surface area contributed by atoms with Crippen LogP contribution in [0.15, 0.2) is 40.8 Å². The zero-order valence-electron chi connectivity index (χ0n) is 8.36. The Bertz CT molecular complexity index is 474. The van der Waals surface area contributed by atoms with E-state index in [1.165, 1.54) is 0 Å². The summed E-state index contributed by atoms with van der Waals surface area (Å²) in [6, 6.07) is 11.3. The summed E-state index contributed by atoms with van der Waals surface area (Å²) in [4.78, 5) is 10.4. The second-order valence-corrected chi connectivity index (χ2v) is 3.22. The van der Waals surface area contributed by atoms with Crippen molar-refractivity contribution in [2.75, 3.05) is 5.32 Å². The lowest BCUT2D eigenvalue weighted by Gasteiger charge is -2.04. The Morgan fingerprint density at radius 3 is 2.67 bits per heavy atom. The van der Waals surface area contributed by atoms with Crippen LogP contribution in [0.5, 0.6) is 0 Å². The van der Waals surface area contributed by atoms with Crippen LogP contribution < -0.4 is 5.32 Å². The maximum Gasteiger partial charge on any atom is 0.211 e. The molecule has 0 aliphatic rings. The summed E-state index contributed by atoms with van der Waals surface area (Å²) in [7, 11) is 0.